The topological polar surface area (TPSA) is 110 Å². The Kier molecular flexibility index (Phi) is 7.61. The molecule has 3 aromatic rings. The molecular weight excluding hydrogens is 460 g/mol. The maximum Gasteiger partial charge on any atom is 0.339 e. The maximum absolute atomic E-state index is 12.4. The van der Waals surface area contributed by atoms with Crippen LogP contribution in [0.1, 0.15) is 38.3 Å². The van der Waals surface area contributed by atoms with Gasteiger partial charge in [0, 0.05) is 12.0 Å². The van der Waals surface area contributed by atoms with E-state index in [1.807, 2.05) is 24.3 Å². The third kappa shape index (κ3) is 5.21. The molecule has 7 nitrogen and oxygen atoms in total. The molecule has 0 saturated heterocycles. The number of hydrogen-bond acceptors (Lipinski definition) is 6. The number of allylic oxidation sites excluding steroid dienone is 1. The van der Waals surface area contributed by atoms with Crippen molar-refractivity contribution in [3.63, 3.8) is 0 Å². The summed E-state index contributed by atoms with van der Waals surface area (Å²) < 4.78 is 11.2. The van der Waals surface area contributed by atoms with Crippen LogP contribution in [0.5, 0.6) is 5.75 Å². The molecule has 2 atom stereocenters. The standard InChI is InChI=1S/C29H26O7/c1-2-25(30)23(26(31)17-36-29(34)22-11-6-5-10-21(22)28(32)33)14-15-35-27-13-7-12-20-19-9-4-3-8-18(19)16-24(20)27/h2-13,23,26,31H,1,14-17H2,(H,32,33). The number of carboxylic acids is 1. The summed E-state index contributed by atoms with van der Waals surface area (Å²) in [5.41, 5.74) is 4.27. The molecule has 0 aromatic heterocycles. The second-order valence-corrected chi connectivity index (χ2v) is 8.48. The summed E-state index contributed by atoms with van der Waals surface area (Å²) in [7, 11) is 0. The quantitative estimate of drug-likeness (QED) is 0.240. The summed E-state index contributed by atoms with van der Waals surface area (Å²) in [5.74, 6) is -2.75. The summed E-state index contributed by atoms with van der Waals surface area (Å²) in [6, 6.07) is 19.7. The van der Waals surface area contributed by atoms with Crippen LogP contribution in [0.4, 0.5) is 0 Å². The number of esters is 1. The van der Waals surface area contributed by atoms with Crippen molar-refractivity contribution in [2.45, 2.75) is 18.9 Å². The number of fused-ring (bicyclic) bond motifs is 3. The van der Waals surface area contributed by atoms with Gasteiger partial charge in [-0.05, 0) is 47.4 Å². The lowest BCUT2D eigenvalue weighted by Crippen LogP contribution is -2.33. The van der Waals surface area contributed by atoms with E-state index in [2.05, 4.69) is 24.8 Å². The first-order chi connectivity index (χ1) is 17.4. The van der Waals surface area contributed by atoms with Crippen molar-refractivity contribution in [3.8, 4) is 16.9 Å². The molecule has 36 heavy (non-hydrogen) atoms. The van der Waals surface area contributed by atoms with Crippen LogP contribution < -0.4 is 4.74 Å². The molecule has 1 aliphatic carbocycles. The van der Waals surface area contributed by atoms with E-state index in [4.69, 9.17) is 9.47 Å². The van der Waals surface area contributed by atoms with E-state index in [0.717, 1.165) is 29.4 Å². The van der Waals surface area contributed by atoms with Crippen LogP contribution in [-0.4, -0.2) is 47.3 Å². The Morgan fingerprint density at radius 3 is 2.39 bits per heavy atom. The van der Waals surface area contributed by atoms with Crippen molar-refractivity contribution in [2.75, 3.05) is 13.2 Å². The third-order valence-electron chi connectivity index (χ3n) is 6.29. The van der Waals surface area contributed by atoms with E-state index in [-0.39, 0.29) is 24.2 Å². The Bertz CT molecular complexity index is 1310. The van der Waals surface area contributed by atoms with E-state index in [1.165, 1.54) is 35.4 Å². The third-order valence-corrected chi connectivity index (χ3v) is 6.29. The van der Waals surface area contributed by atoms with Crippen LogP contribution in [0, 0.1) is 5.92 Å². The minimum Gasteiger partial charge on any atom is -0.493 e. The fourth-order valence-electron chi connectivity index (χ4n) is 4.44. The zero-order chi connectivity index (χ0) is 25.7. The normalized spacial score (nSPS) is 13.1. The molecule has 184 valence electrons. The minimum absolute atomic E-state index is 0.133. The SMILES string of the molecule is C=CC(=O)C(CCOc1cccc2c1Cc1ccccc1-2)C(O)COC(=O)c1ccccc1C(=O)O. The molecule has 0 heterocycles. The summed E-state index contributed by atoms with van der Waals surface area (Å²) in [6.45, 7) is 3.18. The van der Waals surface area contributed by atoms with Crippen molar-refractivity contribution < 1.29 is 34.1 Å². The number of carbonyl (C=O) groups excluding carboxylic acids is 2. The highest BCUT2D eigenvalue weighted by Crippen LogP contribution is 2.41. The van der Waals surface area contributed by atoms with Gasteiger partial charge in [0.15, 0.2) is 5.78 Å². The first kappa shape index (κ1) is 24.9. The predicted molar refractivity (Wildman–Crippen MR) is 133 cm³/mol. The van der Waals surface area contributed by atoms with Gasteiger partial charge in [0.2, 0.25) is 0 Å². The number of carboxylic acid groups (broad SMARTS) is 1. The van der Waals surface area contributed by atoms with E-state index in [1.54, 1.807) is 0 Å². The zero-order valence-electron chi connectivity index (χ0n) is 19.6. The van der Waals surface area contributed by atoms with Gasteiger partial charge in [0.25, 0.3) is 0 Å². The van der Waals surface area contributed by atoms with E-state index in [0.29, 0.717) is 0 Å². The van der Waals surface area contributed by atoms with Gasteiger partial charge in [-0.1, -0.05) is 55.1 Å². The predicted octanol–water partition coefficient (Wildman–Crippen LogP) is 4.31. The van der Waals surface area contributed by atoms with E-state index in [9.17, 15) is 24.6 Å². The Hall–Kier alpha value is -4.23. The van der Waals surface area contributed by atoms with Crippen LogP contribution in [0.2, 0.25) is 0 Å². The molecule has 0 spiro atoms. The molecule has 0 fully saturated rings. The highest BCUT2D eigenvalue weighted by Gasteiger charge is 2.28. The van der Waals surface area contributed by atoms with Crippen LogP contribution in [-0.2, 0) is 16.0 Å². The number of aliphatic hydroxyl groups excluding tert-OH is 1. The fraction of sp³-hybridized carbons (Fsp3) is 0.207. The van der Waals surface area contributed by atoms with Gasteiger partial charge >= 0.3 is 11.9 Å². The summed E-state index contributed by atoms with van der Waals surface area (Å²) in [4.78, 5) is 36.2. The molecule has 0 bridgehead atoms. The van der Waals surface area contributed by atoms with Crippen molar-refractivity contribution in [3.05, 3.63) is 102 Å². The Labute approximate surface area is 208 Å². The number of aliphatic hydroxyl groups is 1. The lowest BCUT2D eigenvalue weighted by atomic mass is 9.94. The fourth-order valence-corrected chi connectivity index (χ4v) is 4.44. The minimum atomic E-state index is -1.31. The first-order valence-corrected chi connectivity index (χ1v) is 11.6. The molecule has 2 N–H and O–H groups in total. The summed E-state index contributed by atoms with van der Waals surface area (Å²) in [5, 5.41) is 19.9. The van der Waals surface area contributed by atoms with E-state index < -0.39 is 36.4 Å². The maximum atomic E-state index is 12.4. The number of carbonyl (C=O) groups is 3. The number of hydrogen-bond donors (Lipinski definition) is 2. The van der Waals surface area contributed by atoms with Gasteiger partial charge in [-0.3, -0.25) is 4.79 Å². The number of ketones is 1. The number of aromatic carboxylic acids is 1. The van der Waals surface area contributed by atoms with Crippen molar-refractivity contribution >= 4 is 17.7 Å². The molecule has 0 saturated carbocycles. The second-order valence-electron chi connectivity index (χ2n) is 8.48. The van der Waals surface area contributed by atoms with Gasteiger partial charge < -0.3 is 19.7 Å². The molecular formula is C29H26O7. The number of benzene rings is 3. The van der Waals surface area contributed by atoms with Crippen molar-refractivity contribution in [2.24, 2.45) is 5.92 Å². The Morgan fingerprint density at radius 1 is 0.944 bits per heavy atom. The lowest BCUT2D eigenvalue weighted by molar-refractivity contribution is -0.123. The van der Waals surface area contributed by atoms with Crippen LogP contribution in [0.25, 0.3) is 11.1 Å². The number of ether oxygens (including phenoxy) is 2. The molecule has 1 aliphatic rings. The smallest absolute Gasteiger partial charge is 0.339 e. The van der Waals surface area contributed by atoms with Gasteiger partial charge in [-0.15, -0.1) is 0 Å². The monoisotopic (exact) mass is 486 g/mol. The molecule has 2 unspecified atom stereocenters. The highest BCUT2D eigenvalue weighted by atomic mass is 16.5. The van der Waals surface area contributed by atoms with Crippen molar-refractivity contribution in [1.82, 2.24) is 0 Å². The van der Waals surface area contributed by atoms with Crippen LogP contribution in [0.3, 0.4) is 0 Å². The van der Waals surface area contributed by atoms with Crippen LogP contribution in [0.15, 0.2) is 79.4 Å². The van der Waals surface area contributed by atoms with Gasteiger partial charge in [-0.25, -0.2) is 9.59 Å². The van der Waals surface area contributed by atoms with Crippen LogP contribution >= 0.6 is 0 Å². The van der Waals surface area contributed by atoms with E-state index >= 15 is 0 Å². The van der Waals surface area contributed by atoms with Gasteiger partial charge in [-0.2, -0.15) is 0 Å². The summed E-state index contributed by atoms with van der Waals surface area (Å²) in [6.07, 6.45) is 0.733. The second kappa shape index (κ2) is 11.0. The molecule has 0 aliphatic heterocycles. The molecule has 4 rings (SSSR count). The Morgan fingerprint density at radius 2 is 1.64 bits per heavy atom. The first-order valence-electron chi connectivity index (χ1n) is 11.6. The molecule has 7 heteroatoms. The lowest BCUT2D eigenvalue weighted by Gasteiger charge is -2.21. The highest BCUT2D eigenvalue weighted by molar-refractivity contribution is 6.02. The Balaban J connectivity index is 1.38. The van der Waals surface area contributed by atoms with Gasteiger partial charge in [0.05, 0.1) is 29.8 Å². The van der Waals surface area contributed by atoms with Crippen molar-refractivity contribution in [1.29, 1.82) is 0 Å². The largest absolute Gasteiger partial charge is 0.493 e. The molecule has 3 aromatic carbocycles. The average Bonchev–Trinajstić information content (AvgIpc) is 3.28. The number of rotatable bonds is 11. The molecule has 0 radical (unpaired) electrons. The molecule has 0 amide bonds. The zero-order valence-corrected chi connectivity index (χ0v) is 19.6. The summed E-state index contributed by atoms with van der Waals surface area (Å²) >= 11 is 0. The van der Waals surface area contributed by atoms with Gasteiger partial charge in [0.1, 0.15) is 12.4 Å². The average molecular weight is 487 g/mol.